The van der Waals surface area contributed by atoms with Crippen LogP contribution < -0.4 is 0 Å². The third-order valence-electron chi connectivity index (χ3n) is 4.06. The number of carbonyl (C=O) groups is 2. The number of aldehydes is 1. The first kappa shape index (κ1) is 15.1. The lowest BCUT2D eigenvalue weighted by Crippen LogP contribution is -2.29. The molecule has 0 bridgehead atoms. The molecule has 1 atom stereocenters. The normalized spacial score (nSPS) is 17.3. The minimum atomic E-state index is -0.486. The van der Waals surface area contributed by atoms with Crippen LogP contribution in [-0.4, -0.2) is 40.3 Å². The quantitative estimate of drug-likeness (QED) is 0.883. The van der Waals surface area contributed by atoms with Gasteiger partial charge in [0, 0.05) is 24.6 Å². The lowest BCUT2D eigenvalue weighted by Gasteiger charge is -2.17. The van der Waals surface area contributed by atoms with Gasteiger partial charge in [-0.25, -0.2) is 9.37 Å². The first-order valence-electron chi connectivity index (χ1n) is 7.27. The number of likely N-dealkylation sites (tertiary alicyclic amines) is 1. The standard InChI is InChI=1S/C17H15FN2O3/c18-13-1-4-16(19-8-13)17(23)20-6-5-11(9-20)15-3-2-14(22)7-12(15)10-21/h1-4,7-8,10-11,22H,5-6,9H2. The SMILES string of the molecule is O=Cc1cc(O)ccc1C1CCN(C(=O)c2ccc(F)cn2)C1. The minimum absolute atomic E-state index is 0.0280. The van der Waals surface area contributed by atoms with E-state index >= 15 is 0 Å². The van der Waals surface area contributed by atoms with Crippen molar-refractivity contribution in [3.8, 4) is 5.75 Å². The summed E-state index contributed by atoms with van der Waals surface area (Å²) in [6.45, 7) is 1.01. The maximum absolute atomic E-state index is 12.9. The van der Waals surface area contributed by atoms with Crippen LogP contribution in [0.25, 0.3) is 0 Å². The molecule has 1 amide bonds. The molecule has 0 aliphatic carbocycles. The van der Waals surface area contributed by atoms with Crippen LogP contribution in [0.4, 0.5) is 4.39 Å². The van der Waals surface area contributed by atoms with Gasteiger partial charge in [-0.1, -0.05) is 6.07 Å². The van der Waals surface area contributed by atoms with Crippen LogP contribution in [0.1, 0.15) is 38.7 Å². The molecule has 23 heavy (non-hydrogen) atoms. The van der Waals surface area contributed by atoms with Crippen molar-refractivity contribution in [2.24, 2.45) is 0 Å². The molecular formula is C17H15FN2O3. The van der Waals surface area contributed by atoms with Gasteiger partial charge in [0.05, 0.1) is 6.20 Å². The molecule has 1 unspecified atom stereocenters. The number of aromatic nitrogens is 1. The molecule has 1 aliphatic heterocycles. The van der Waals surface area contributed by atoms with Gasteiger partial charge in [-0.15, -0.1) is 0 Å². The van der Waals surface area contributed by atoms with E-state index in [4.69, 9.17) is 0 Å². The zero-order valence-electron chi connectivity index (χ0n) is 12.3. The highest BCUT2D eigenvalue weighted by molar-refractivity contribution is 5.92. The summed E-state index contributed by atoms with van der Waals surface area (Å²) in [5, 5.41) is 9.46. The van der Waals surface area contributed by atoms with Gasteiger partial charge in [-0.2, -0.15) is 0 Å². The van der Waals surface area contributed by atoms with Crippen molar-refractivity contribution >= 4 is 12.2 Å². The Morgan fingerprint density at radius 3 is 2.87 bits per heavy atom. The van der Waals surface area contributed by atoms with Gasteiger partial charge in [0.25, 0.3) is 5.91 Å². The summed E-state index contributed by atoms with van der Waals surface area (Å²) in [7, 11) is 0. The third kappa shape index (κ3) is 3.06. The molecule has 0 radical (unpaired) electrons. The highest BCUT2D eigenvalue weighted by Gasteiger charge is 2.29. The molecule has 1 N–H and O–H groups in total. The van der Waals surface area contributed by atoms with Gasteiger partial charge >= 0.3 is 0 Å². The number of aromatic hydroxyl groups is 1. The Morgan fingerprint density at radius 2 is 2.17 bits per heavy atom. The third-order valence-corrected chi connectivity index (χ3v) is 4.06. The molecule has 2 aromatic rings. The number of benzene rings is 1. The van der Waals surface area contributed by atoms with Crippen LogP contribution in [0, 0.1) is 5.82 Å². The molecule has 3 rings (SSSR count). The van der Waals surface area contributed by atoms with Gasteiger partial charge in [-0.05, 0) is 36.2 Å². The molecular weight excluding hydrogens is 299 g/mol. The van der Waals surface area contributed by atoms with Crippen molar-refractivity contribution in [2.75, 3.05) is 13.1 Å². The summed E-state index contributed by atoms with van der Waals surface area (Å²) in [5.74, 6) is -0.669. The Hall–Kier alpha value is -2.76. The monoisotopic (exact) mass is 314 g/mol. The van der Waals surface area contributed by atoms with Crippen molar-refractivity contribution in [3.63, 3.8) is 0 Å². The second-order valence-corrected chi connectivity index (χ2v) is 5.53. The van der Waals surface area contributed by atoms with Crippen LogP contribution in [0.2, 0.25) is 0 Å². The van der Waals surface area contributed by atoms with E-state index in [0.717, 1.165) is 18.2 Å². The fourth-order valence-corrected chi connectivity index (χ4v) is 2.90. The van der Waals surface area contributed by atoms with E-state index in [0.29, 0.717) is 24.9 Å². The Kier molecular flexibility index (Phi) is 4.06. The fraction of sp³-hybridized carbons (Fsp3) is 0.235. The van der Waals surface area contributed by atoms with Crippen molar-refractivity contribution < 1.29 is 19.1 Å². The van der Waals surface area contributed by atoms with Gasteiger partial charge in [-0.3, -0.25) is 9.59 Å². The molecule has 0 saturated carbocycles. The number of pyridine rings is 1. The Balaban J connectivity index is 1.77. The minimum Gasteiger partial charge on any atom is -0.508 e. The van der Waals surface area contributed by atoms with E-state index in [2.05, 4.69) is 4.98 Å². The zero-order valence-corrected chi connectivity index (χ0v) is 12.3. The average molecular weight is 314 g/mol. The van der Waals surface area contributed by atoms with Gasteiger partial charge < -0.3 is 10.0 Å². The van der Waals surface area contributed by atoms with E-state index < -0.39 is 5.82 Å². The lowest BCUT2D eigenvalue weighted by atomic mass is 9.94. The van der Waals surface area contributed by atoms with Crippen molar-refractivity contribution in [1.82, 2.24) is 9.88 Å². The van der Waals surface area contributed by atoms with Crippen molar-refractivity contribution in [2.45, 2.75) is 12.3 Å². The van der Waals surface area contributed by atoms with Crippen LogP contribution in [0.3, 0.4) is 0 Å². The maximum Gasteiger partial charge on any atom is 0.272 e. The second-order valence-electron chi connectivity index (χ2n) is 5.53. The zero-order chi connectivity index (χ0) is 16.4. The molecule has 1 aliphatic rings. The molecule has 1 aromatic carbocycles. The molecule has 1 aromatic heterocycles. The van der Waals surface area contributed by atoms with Crippen LogP contribution >= 0.6 is 0 Å². The average Bonchev–Trinajstić information content (AvgIpc) is 3.04. The highest BCUT2D eigenvalue weighted by atomic mass is 19.1. The number of phenolic OH excluding ortho intramolecular Hbond substituents is 1. The number of halogens is 1. The van der Waals surface area contributed by atoms with Crippen LogP contribution in [0.5, 0.6) is 5.75 Å². The summed E-state index contributed by atoms with van der Waals surface area (Å²) >= 11 is 0. The number of phenols is 1. The molecule has 0 spiro atoms. The smallest absolute Gasteiger partial charge is 0.272 e. The number of hydrogen-bond donors (Lipinski definition) is 1. The van der Waals surface area contributed by atoms with E-state index in [9.17, 15) is 19.1 Å². The summed E-state index contributed by atoms with van der Waals surface area (Å²) in [4.78, 5) is 29.0. The largest absolute Gasteiger partial charge is 0.508 e. The number of nitrogens with zero attached hydrogens (tertiary/aromatic N) is 2. The fourth-order valence-electron chi connectivity index (χ4n) is 2.90. The maximum atomic E-state index is 12.9. The number of amides is 1. The summed E-state index contributed by atoms with van der Waals surface area (Å²) in [6.07, 6.45) is 2.45. The van der Waals surface area contributed by atoms with E-state index in [1.165, 1.54) is 24.3 Å². The van der Waals surface area contributed by atoms with Gasteiger partial charge in [0.2, 0.25) is 0 Å². The van der Waals surface area contributed by atoms with Crippen molar-refractivity contribution in [1.29, 1.82) is 0 Å². The van der Waals surface area contributed by atoms with Crippen molar-refractivity contribution in [3.05, 3.63) is 59.2 Å². The molecule has 2 heterocycles. The molecule has 1 saturated heterocycles. The Bertz CT molecular complexity index is 746. The summed E-state index contributed by atoms with van der Waals surface area (Å²) in [6, 6.07) is 7.25. The topological polar surface area (TPSA) is 70.5 Å². The Morgan fingerprint density at radius 1 is 1.35 bits per heavy atom. The lowest BCUT2D eigenvalue weighted by molar-refractivity contribution is 0.0785. The molecule has 5 nitrogen and oxygen atoms in total. The predicted octanol–water partition coefficient (Wildman–Crippen LogP) is 2.37. The predicted molar refractivity (Wildman–Crippen MR) is 81.0 cm³/mol. The van der Waals surface area contributed by atoms with Crippen LogP contribution in [-0.2, 0) is 0 Å². The number of rotatable bonds is 3. The first-order valence-corrected chi connectivity index (χ1v) is 7.27. The van der Waals surface area contributed by atoms with Gasteiger partial charge in [0.15, 0.2) is 0 Å². The molecule has 1 fully saturated rings. The summed E-state index contributed by atoms with van der Waals surface area (Å²) < 4.78 is 12.9. The van der Waals surface area contributed by atoms with E-state index in [-0.39, 0.29) is 23.3 Å². The molecule has 118 valence electrons. The second kappa shape index (κ2) is 6.16. The summed E-state index contributed by atoms with van der Waals surface area (Å²) in [5.41, 5.74) is 1.46. The first-order chi connectivity index (χ1) is 11.1. The highest BCUT2D eigenvalue weighted by Crippen LogP contribution is 2.31. The number of carbonyl (C=O) groups excluding carboxylic acids is 2. The molecule has 6 heteroatoms. The Labute approximate surface area is 132 Å². The van der Waals surface area contributed by atoms with E-state index in [1.54, 1.807) is 11.0 Å². The van der Waals surface area contributed by atoms with E-state index in [1.807, 2.05) is 0 Å². The van der Waals surface area contributed by atoms with Crippen LogP contribution in [0.15, 0.2) is 36.5 Å². The number of hydrogen-bond acceptors (Lipinski definition) is 4. The van der Waals surface area contributed by atoms with Gasteiger partial charge in [0.1, 0.15) is 23.5 Å².